The van der Waals surface area contributed by atoms with Gasteiger partial charge in [0.05, 0.1) is 17.2 Å². The maximum atomic E-state index is 5.89. The molecule has 134 valence electrons. The van der Waals surface area contributed by atoms with Crippen molar-refractivity contribution in [1.29, 1.82) is 0 Å². The Kier molecular flexibility index (Phi) is 8.13. The number of allylic oxidation sites excluding steroid dienone is 1. The van der Waals surface area contributed by atoms with Crippen LogP contribution in [-0.2, 0) is 6.54 Å². The van der Waals surface area contributed by atoms with Gasteiger partial charge in [-0.2, -0.15) is 0 Å². The first-order valence-electron chi connectivity index (χ1n) is 9.10. The summed E-state index contributed by atoms with van der Waals surface area (Å²) >= 11 is 3.63. The Hall–Kier alpha value is -1.00. The highest BCUT2D eigenvalue weighted by atomic mass is 79.9. The van der Waals surface area contributed by atoms with Crippen molar-refractivity contribution in [3.05, 3.63) is 33.8 Å². The summed E-state index contributed by atoms with van der Waals surface area (Å²) in [4.78, 5) is 0. The molecule has 0 fully saturated rings. The van der Waals surface area contributed by atoms with Crippen molar-refractivity contribution in [3.63, 3.8) is 0 Å². The summed E-state index contributed by atoms with van der Waals surface area (Å²) in [5.41, 5.74) is 2.82. The molecule has 1 N–H and O–H groups in total. The largest absolute Gasteiger partial charge is 0.490 e. The van der Waals surface area contributed by atoms with Gasteiger partial charge < -0.3 is 14.8 Å². The Morgan fingerprint density at radius 2 is 2.08 bits per heavy atom. The van der Waals surface area contributed by atoms with Crippen LogP contribution >= 0.6 is 15.9 Å². The average molecular weight is 396 g/mol. The Morgan fingerprint density at radius 1 is 1.25 bits per heavy atom. The Balaban J connectivity index is 1.93. The Labute approximate surface area is 154 Å². The lowest BCUT2D eigenvalue weighted by atomic mass is 9.97. The van der Waals surface area contributed by atoms with Gasteiger partial charge in [0.25, 0.3) is 0 Å². The first-order chi connectivity index (χ1) is 11.6. The smallest absolute Gasteiger partial charge is 0.175 e. The SMILES string of the molecule is CCOc1cc(CNCCC2=CCCCC2)cc(Br)c1OC(C)C. The molecule has 0 spiro atoms. The highest BCUT2D eigenvalue weighted by Gasteiger charge is 2.13. The molecule has 1 aromatic carbocycles. The Morgan fingerprint density at radius 3 is 2.75 bits per heavy atom. The van der Waals surface area contributed by atoms with Crippen LogP contribution in [0.2, 0.25) is 0 Å². The first-order valence-corrected chi connectivity index (χ1v) is 9.90. The lowest BCUT2D eigenvalue weighted by molar-refractivity contribution is 0.222. The zero-order valence-electron chi connectivity index (χ0n) is 15.2. The van der Waals surface area contributed by atoms with Crippen LogP contribution < -0.4 is 14.8 Å². The highest BCUT2D eigenvalue weighted by Crippen LogP contribution is 2.37. The fourth-order valence-corrected chi connectivity index (χ4v) is 3.53. The summed E-state index contributed by atoms with van der Waals surface area (Å²) in [5, 5.41) is 3.55. The molecule has 24 heavy (non-hydrogen) atoms. The molecular weight excluding hydrogens is 366 g/mol. The molecule has 2 rings (SSSR count). The van der Waals surface area contributed by atoms with Crippen molar-refractivity contribution in [1.82, 2.24) is 5.32 Å². The van der Waals surface area contributed by atoms with Crippen LogP contribution in [0.15, 0.2) is 28.3 Å². The molecule has 0 radical (unpaired) electrons. The summed E-state index contributed by atoms with van der Waals surface area (Å²) in [7, 11) is 0. The van der Waals surface area contributed by atoms with Crippen LogP contribution in [0.3, 0.4) is 0 Å². The lowest BCUT2D eigenvalue weighted by Gasteiger charge is -2.18. The summed E-state index contributed by atoms with van der Waals surface area (Å²) in [5.74, 6) is 1.61. The minimum atomic E-state index is 0.119. The summed E-state index contributed by atoms with van der Waals surface area (Å²) in [6.07, 6.45) is 8.96. The summed E-state index contributed by atoms with van der Waals surface area (Å²) in [6, 6.07) is 4.20. The second kappa shape index (κ2) is 10.1. The standard InChI is InChI=1S/C20H30BrNO2/c1-4-23-19-13-17(12-18(21)20(19)24-15(2)3)14-22-11-10-16-8-6-5-7-9-16/h8,12-13,15,22H,4-7,9-11,14H2,1-3H3. The van der Waals surface area contributed by atoms with E-state index in [9.17, 15) is 0 Å². The van der Waals surface area contributed by atoms with Crippen LogP contribution in [0.1, 0.15) is 58.4 Å². The predicted octanol–water partition coefficient (Wildman–Crippen LogP) is 5.62. The zero-order chi connectivity index (χ0) is 17.4. The normalized spacial score (nSPS) is 14.6. The quantitative estimate of drug-likeness (QED) is 0.434. The van der Waals surface area contributed by atoms with E-state index in [0.717, 1.165) is 35.5 Å². The third-order valence-corrected chi connectivity index (χ3v) is 4.65. The van der Waals surface area contributed by atoms with E-state index in [1.54, 1.807) is 5.57 Å². The second-order valence-corrected chi connectivity index (χ2v) is 7.39. The molecule has 1 aliphatic rings. The van der Waals surface area contributed by atoms with Gasteiger partial charge >= 0.3 is 0 Å². The van der Waals surface area contributed by atoms with E-state index in [1.807, 2.05) is 20.8 Å². The molecule has 0 aliphatic heterocycles. The molecule has 0 amide bonds. The molecule has 4 heteroatoms. The maximum Gasteiger partial charge on any atom is 0.175 e. The van der Waals surface area contributed by atoms with Crippen LogP contribution in [0.5, 0.6) is 11.5 Å². The number of hydrogen-bond donors (Lipinski definition) is 1. The van der Waals surface area contributed by atoms with E-state index in [1.165, 1.54) is 31.2 Å². The third-order valence-electron chi connectivity index (χ3n) is 4.06. The summed E-state index contributed by atoms with van der Waals surface area (Å²) in [6.45, 7) is 8.54. The van der Waals surface area contributed by atoms with Crippen molar-refractivity contribution >= 4 is 15.9 Å². The molecule has 0 saturated carbocycles. The molecule has 1 aliphatic carbocycles. The molecule has 0 unspecified atom stereocenters. The summed E-state index contributed by atoms with van der Waals surface area (Å²) < 4.78 is 12.6. The number of benzene rings is 1. The van der Waals surface area contributed by atoms with Crippen molar-refractivity contribution in [3.8, 4) is 11.5 Å². The minimum Gasteiger partial charge on any atom is -0.490 e. The van der Waals surface area contributed by atoms with Gasteiger partial charge in [0.2, 0.25) is 0 Å². The number of nitrogens with one attached hydrogen (secondary N) is 1. The van der Waals surface area contributed by atoms with Gasteiger partial charge in [0.15, 0.2) is 11.5 Å². The average Bonchev–Trinajstić information content (AvgIpc) is 2.56. The second-order valence-electron chi connectivity index (χ2n) is 6.54. The fourth-order valence-electron chi connectivity index (χ4n) is 2.95. The number of ether oxygens (including phenoxy) is 2. The Bertz CT molecular complexity index is 555. The van der Waals surface area contributed by atoms with Gasteiger partial charge in [0, 0.05) is 6.54 Å². The molecule has 0 aromatic heterocycles. The molecule has 0 atom stereocenters. The van der Waals surface area contributed by atoms with Gasteiger partial charge in [-0.3, -0.25) is 0 Å². The molecule has 1 aromatic rings. The zero-order valence-corrected chi connectivity index (χ0v) is 16.7. The topological polar surface area (TPSA) is 30.5 Å². The molecule has 3 nitrogen and oxygen atoms in total. The van der Waals surface area contributed by atoms with Gasteiger partial charge in [-0.1, -0.05) is 11.6 Å². The number of rotatable bonds is 9. The number of hydrogen-bond acceptors (Lipinski definition) is 3. The van der Waals surface area contributed by atoms with Crippen LogP contribution in [0.4, 0.5) is 0 Å². The molecule has 0 heterocycles. The highest BCUT2D eigenvalue weighted by molar-refractivity contribution is 9.10. The van der Waals surface area contributed by atoms with Gasteiger partial charge in [-0.15, -0.1) is 0 Å². The van der Waals surface area contributed by atoms with E-state index in [2.05, 4.69) is 39.5 Å². The predicted molar refractivity (Wildman–Crippen MR) is 104 cm³/mol. The van der Waals surface area contributed by atoms with E-state index in [0.29, 0.717) is 6.61 Å². The first kappa shape index (κ1) is 19.3. The van der Waals surface area contributed by atoms with Gasteiger partial charge in [-0.25, -0.2) is 0 Å². The van der Waals surface area contributed by atoms with E-state index in [-0.39, 0.29) is 6.10 Å². The monoisotopic (exact) mass is 395 g/mol. The van der Waals surface area contributed by atoms with Gasteiger partial charge in [-0.05, 0) is 93.0 Å². The van der Waals surface area contributed by atoms with Gasteiger partial charge in [0.1, 0.15) is 0 Å². The lowest BCUT2D eigenvalue weighted by Crippen LogP contribution is -2.16. The fraction of sp³-hybridized carbons (Fsp3) is 0.600. The maximum absolute atomic E-state index is 5.89. The molecule has 0 saturated heterocycles. The van der Waals surface area contributed by atoms with Crippen molar-refractivity contribution in [2.75, 3.05) is 13.2 Å². The van der Waals surface area contributed by atoms with Crippen molar-refractivity contribution < 1.29 is 9.47 Å². The minimum absolute atomic E-state index is 0.119. The van der Waals surface area contributed by atoms with E-state index in [4.69, 9.17) is 9.47 Å². The molecular formula is C20H30BrNO2. The third kappa shape index (κ3) is 6.14. The van der Waals surface area contributed by atoms with Crippen LogP contribution in [0.25, 0.3) is 0 Å². The van der Waals surface area contributed by atoms with Crippen molar-refractivity contribution in [2.24, 2.45) is 0 Å². The van der Waals surface area contributed by atoms with Crippen LogP contribution in [0, 0.1) is 0 Å². The van der Waals surface area contributed by atoms with Crippen LogP contribution in [-0.4, -0.2) is 19.3 Å². The molecule has 0 bridgehead atoms. The van der Waals surface area contributed by atoms with E-state index < -0.39 is 0 Å². The number of halogens is 1. The van der Waals surface area contributed by atoms with E-state index >= 15 is 0 Å². The van der Waals surface area contributed by atoms with Crippen molar-refractivity contribution in [2.45, 2.75) is 65.5 Å².